The molecule has 1 heterocycles. The molecule has 0 aliphatic heterocycles. The van der Waals surface area contributed by atoms with Gasteiger partial charge in [-0.05, 0) is 42.9 Å². The number of aromatic nitrogens is 3. The Morgan fingerprint density at radius 3 is 3.05 bits per heavy atom. The third-order valence-corrected chi connectivity index (χ3v) is 3.85. The molecule has 1 aliphatic rings. The minimum Gasteiger partial charge on any atom is -0.370 e. The number of hydrogen-bond donors (Lipinski definition) is 2. The first-order valence-corrected chi connectivity index (χ1v) is 7.24. The van der Waals surface area contributed by atoms with Gasteiger partial charge in [0.2, 0.25) is 0 Å². The number of hydrogen-bond acceptors (Lipinski definition) is 3. The zero-order valence-corrected chi connectivity index (χ0v) is 12.2. The summed E-state index contributed by atoms with van der Waals surface area (Å²) in [5.74, 6) is 1.20. The van der Waals surface area contributed by atoms with Gasteiger partial charge >= 0.3 is 0 Å². The van der Waals surface area contributed by atoms with Gasteiger partial charge in [0.05, 0.1) is 0 Å². The lowest BCUT2D eigenvalue weighted by Gasteiger charge is -2.19. The zero-order valence-electron chi connectivity index (χ0n) is 12.2. The minimum atomic E-state index is 0.414. The molecule has 0 saturated carbocycles. The van der Waals surface area contributed by atoms with Crippen LogP contribution in [0.3, 0.4) is 0 Å². The molecule has 0 amide bonds. The first-order chi connectivity index (χ1) is 10.2. The van der Waals surface area contributed by atoms with E-state index in [2.05, 4.69) is 38.7 Å². The van der Waals surface area contributed by atoms with Gasteiger partial charge in [0.15, 0.2) is 11.8 Å². The number of fused-ring (bicyclic) bond motifs is 1. The lowest BCUT2D eigenvalue weighted by molar-refractivity contribution is 0.687. The molecular weight excluding hydrogens is 264 g/mol. The van der Waals surface area contributed by atoms with Crippen molar-refractivity contribution in [2.45, 2.75) is 32.2 Å². The standard InChI is InChI=1S/C15H20N6/c1-21-10-18-20-14(21)9-17-15(16)19-13-8-4-6-11-5-2-3-7-12(11)13/h4,6,8,10H,2-3,5,7,9H2,1H3,(H3,16,17,19). The molecule has 1 aliphatic carbocycles. The molecule has 0 bridgehead atoms. The van der Waals surface area contributed by atoms with Crippen LogP contribution in [0.5, 0.6) is 0 Å². The van der Waals surface area contributed by atoms with Crippen molar-refractivity contribution >= 4 is 11.6 Å². The number of aliphatic imine (C=N–C) groups is 1. The van der Waals surface area contributed by atoms with Crippen molar-refractivity contribution < 1.29 is 0 Å². The summed E-state index contributed by atoms with van der Waals surface area (Å²) in [7, 11) is 1.89. The van der Waals surface area contributed by atoms with Gasteiger partial charge in [0, 0.05) is 12.7 Å². The van der Waals surface area contributed by atoms with Crippen LogP contribution >= 0.6 is 0 Å². The Morgan fingerprint density at radius 1 is 1.38 bits per heavy atom. The van der Waals surface area contributed by atoms with Crippen LogP contribution < -0.4 is 11.1 Å². The monoisotopic (exact) mass is 284 g/mol. The molecule has 1 aromatic carbocycles. The zero-order chi connectivity index (χ0) is 14.7. The lowest BCUT2D eigenvalue weighted by atomic mass is 9.90. The highest BCUT2D eigenvalue weighted by Crippen LogP contribution is 2.27. The molecule has 0 unspecified atom stereocenters. The number of rotatable bonds is 3. The summed E-state index contributed by atoms with van der Waals surface area (Å²) in [6.45, 7) is 0.421. The van der Waals surface area contributed by atoms with Gasteiger partial charge in [-0.3, -0.25) is 0 Å². The van der Waals surface area contributed by atoms with E-state index in [1.807, 2.05) is 11.6 Å². The first kappa shape index (κ1) is 13.6. The highest BCUT2D eigenvalue weighted by atomic mass is 15.3. The summed E-state index contributed by atoms with van der Waals surface area (Å²) < 4.78 is 1.83. The molecular formula is C15H20N6. The Bertz CT molecular complexity index is 658. The molecule has 110 valence electrons. The molecule has 3 N–H and O–H groups in total. The van der Waals surface area contributed by atoms with Crippen molar-refractivity contribution in [3.63, 3.8) is 0 Å². The van der Waals surface area contributed by atoms with Gasteiger partial charge in [0.1, 0.15) is 12.9 Å². The van der Waals surface area contributed by atoms with Crippen LogP contribution in [-0.4, -0.2) is 20.7 Å². The topological polar surface area (TPSA) is 81.1 Å². The molecule has 6 heteroatoms. The smallest absolute Gasteiger partial charge is 0.193 e. The van der Waals surface area contributed by atoms with Crippen molar-refractivity contribution in [3.8, 4) is 0 Å². The lowest BCUT2D eigenvalue weighted by Crippen LogP contribution is -2.24. The third kappa shape index (κ3) is 3.04. The molecule has 2 aromatic rings. The normalized spacial score (nSPS) is 14.8. The van der Waals surface area contributed by atoms with Crippen LogP contribution in [0, 0.1) is 0 Å². The minimum absolute atomic E-state index is 0.414. The van der Waals surface area contributed by atoms with Crippen molar-refractivity contribution in [1.82, 2.24) is 14.8 Å². The number of nitrogens with one attached hydrogen (secondary N) is 1. The Labute approximate surface area is 124 Å². The van der Waals surface area contributed by atoms with Crippen LogP contribution in [-0.2, 0) is 26.4 Å². The Hall–Kier alpha value is -2.37. The second kappa shape index (κ2) is 5.95. The summed E-state index contributed by atoms with van der Waals surface area (Å²) in [5.41, 5.74) is 9.86. The maximum atomic E-state index is 5.99. The van der Waals surface area contributed by atoms with E-state index in [0.717, 1.165) is 24.4 Å². The van der Waals surface area contributed by atoms with Gasteiger partial charge in [-0.25, -0.2) is 4.99 Å². The van der Waals surface area contributed by atoms with Gasteiger partial charge in [-0.1, -0.05) is 12.1 Å². The maximum absolute atomic E-state index is 5.99. The van der Waals surface area contributed by atoms with E-state index in [1.54, 1.807) is 6.33 Å². The first-order valence-electron chi connectivity index (χ1n) is 7.24. The molecule has 0 atom stereocenters. The summed E-state index contributed by atoms with van der Waals surface area (Å²) in [6, 6.07) is 6.34. The van der Waals surface area contributed by atoms with Crippen LogP contribution in [0.15, 0.2) is 29.5 Å². The summed E-state index contributed by atoms with van der Waals surface area (Å²) >= 11 is 0. The number of nitrogens with zero attached hydrogens (tertiary/aromatic N) is 4. The SMILES string of the molecule is Cn1cnnc1CN=C(N)Nc1cccc2c1CCCC2. The molecule has 3 rings (SSSR count). The highest BCUT2D eigenvalue weighted by Gasteiger charge is 2.13. The largest absolute Gasteiger partial charge is 0.370 e. The quantitative estimate of drug-likeness (QED) is 0.663. The average Bonchev–Trinajstić information content (AvgIpc) is 2.91. The molecule has 0 fully saturated rings. The summed E-state index contributed by atoms with van der Waals surface area (Å²) in [4.78, 5) is 4.33. The molecule has 0 saturated heterocycles. The fourth-order valence-corrected chi connectivity index (χ4v) is 2.68. The van der Waals surface area contributed by atoms with Crippen LogP contribution in [0.4, 0.5) is 5.69 Å². The fourth-order valence-electron chi connectivity index (χ4n) is 2.68. The van der Waals surface area contributed by atoms with E-state index in [1.165, 1.54) is 24.0 Å². The number of nitrogens with two attached hydrogens (primary N) is 1. The van der Waals surface area contributed by atoms with Crippen molar-refractivity contribution in [1.29, 1.82) is 0 Å². The van der Waals surface area contributed by atoms with Gasteiger partial charge in [-0.15, -0.1) is 10.2 Å². The highest BCUT2D eigenvalue weighted by molar-refractivity contribution is 5.93. The number of aryl methyl sites for hydroxylation is 2. The van der Waals surface area contributed by atoms with E-state index in [9.17, 15) is 0 Å². The predicted octanol–water partition coefficient (Wildman–Crippen LogP) is 1.62. The molecule has 0 radical (unpaired) electrons. The van der Waals surface area contributed by atoms with E-state index in [4.69, 9.17) is 5.73 Å². The molecule has 6 nitrogen and oxygen atoms in total. The Kier molecular flexibility index (Phi) is 3.85. The van der Waals surface area contributed by atoms with E-state index >= 15 is 0 Å². The van der Waals surface area contributed by atoms with Gasteiger partial charge in [0.25, 0.3) is 0 Å². The summed E-state index contributed by atoms with van der Waals surface area (Å²) in [6.07, 6.45) is 6.42. The second-order valence-electron chi connectivity index (χ2n) is 5.33. The van der Waals surface area contributed by atoms with Crippen molar-refractivity contribution in [3.05, 3.63) is 41.5 Å². The average molecular weight is 284 g/mol. The Balaban J connectivity index is 1.73. The van der Waals surface area contributed by atoms with E-state index < -0.39 is 0 Å². The fraction of sp³-hybridized carbons (Fsp3) is 0.400. The Morgan fingerprint density at radius 2 is 2.24 bits per heavy atom. The molecule has 0 spiro atoms. The maximum Gasteiger partial charge on any atom is 0.193 e. The van der Waals surface area contributed by atoms with E-state index in [-0.39, 0.29) is 0 Å². The number of guanidine groups is 1. The van der Waals surface area contributed by atoms with Crippen LogP contribution in [0.1, 0.15) is 29.8 Å². The number of anilines is 1. The van der Waals surface area contributed by atoms with E-state index in [0.29, 0.717) is 12.5 Å². The van der Waals surface area contributed by atoms with Crippen molar-refractivity contribution in [2.75, 3.05) is 5.32 Å². The molecule has 1 aromatic heterocycles. The van der Waals surface area contributed by atoms with Gasteiger partial charge in [-0.2, -0.15) is 0 Å². The summed E-state index contributed by atoms with van der Waals surface area (Å²) in [5, 5.41) is 11.0. The third-order valence-electron chi connectivity index (χ3n) is 3.85. The molecule has 21 heavy (non-hydrogen) atoms. The second-order valence-corrected chi connectivity index (χ2v) is 5.33. The van der Waals surface area contributed by atoms with Crippen LogP contribution in [0.2, 0.25) is 0 Å². The van der Waals surface area contributed by atoms with Crippen LogP contribution in [0.25, 0.3) is 0 Å². The van der Waals surface area contributed by atoms with Gasteiger partial charge < -0.3 is 15.6 Å². The predicted molar refractivity (Wildman–Crippen MR) is 83.0 cm³/mol. The number of benzene rings is 1. The van der Waals surface area contributed by atoms with Crippen molar-refractivity contribution in [2.24, 2.45) is 17.8 Å².